The lowest BCUT2D eigenvalue weighted by Gasteiger charge is -2.34. The molecule has 1 aromatic heterocycles. The monoisotopic (exact) mass is 390 g/mol. The van der Waals surface area contributed by atoms with Crippen LogP contribution in [-0.4, -0.2) is 54.9 Å². The molecule has 0 atom stereocenters. The number of nitrogens with zero attached hydrogens (tertiary/aromatic N) is 3. The second-order valence-corrected chi connectivity index (χ2v) is 8.23. The first-order valence-corrected chi connectivity index (χ1v) is 10.4. The molecule has 1 aliphatic heterocycles. The van der Waals surface area contributed by atoms with Crippen LogP contribution in [0, 0.1) is 5.92 Å². The third-order valence-corrected chi connectivity index (χ3v) is 5.36. The minimum atomic E-state index is 0.520. The number of rotatable bonds is 6. The van der Waals surface area contributed by atoms with Crippen molar-refractivity contribution in [3.05, 3.63) is 54.6 Å². The molecule has 0 aliphatic carbocycles. The summed E-state index contributed by atoms with van der Waals surface area (Å²) in [5.74, 6) is 1.42. The number of aromatic nitrogens is 2. The van der Waals surface area contributed by atoms with Crippen molar-refractivity contribution in [1.29, 1.82) is 0 Å². The quantitative estimate of drug-likeness (QED) is 0.672. The van der Waals surface area contributed by atoms with Crippen molar-refractivity contribution < 1.29 is 4.74 Å². The molecule has 5 heteroatoms. The summed E-state index contributed by atoms with van der Waals surface area (Å²) in [6.45, 7) is 9.44. The molecule has 29 heavy (non-hydrogen) atoms. The Labute approximate surface area is 173 Å². The van der Waals surface area contributed by atoms with Crippen molar-refractivity contribution >= 4 is 5.69 Å². The lowest BCUT2D eigenvalue weighted by Crippen LogP contribution is -2.44. The summed E-state index contributed by atoms with van der Waals surface area (Å²) in [6.07, 6.45) is 0. The molecule has 4 rings (SSSR count). The first-order valence-electron chi connectivity index (χ1n) is 10.4. The highest BCUT2D eigenvalue weighted by Gasteiger charge is 2.14. The van der Waals surface area contributed by atoms with Crippen molar-refractivity contribution in [1.82, 2.24) is 15.1 Å². The van der Waals surface area contributed by atoms with Crippen molar-refractivity contribution in [2.45, 2.75) is 13.8 Å². The standard InChI is InChI=1S/C24H30N4O/c1-18(2)17-29-22-10-6-20(7-11-22)24-16-23(25-26-24)19-4-8-21(9-5-19)28-14-12-27(3)13-15-28/h4-11,16,18H,12-15,17H2,1-3H3,(H,25,26). The van der Waals surface area contributed by atoms with Gasteiger partial charge in [-0.2, -0.15) is 5.10 Å². The van der Waals surface area contributed by atoms with Crippen LogP contribution >= 0.6 is 0 Å². The first-order chi connectivity index (χ1) is 14.1. The van der Waals surface area contributed by atoms with Crippen LogP contribution in [0.2, 0.25) is 0 Å². The Morgan fingerprint density at radius 1 is 0.931 bits per heavy atom. The second-order valence-electron chi connectivity index (χ2n) is 8.23. The van der Waals surface area contributed by atoms with Gasteiger partial charge in [0.05, 0.1) is 18.0 Å². The minimum absolute atomic E-state index is 0.520. The van der Waals surface area contributed by atoms with E-state index in [1.165, 1.54) is 5.69 Å². The van der Waals surface area contributed by atoms with Crippen LogP contribution < -0.4 is 9.64 Å². The number of hydrogen-bond acceptors (Lipinski definition) is 4. The molecular weight excluding hydrogens is 360 g/mol. The molecule has 5 nitrogen and oxygen atoms in total. The van der Waals surface area contributed by atoms with Gasteiger partial charge in [0, 0.05) is 37.4 Å². The summed E-state index contributed by atoms with van der Waals surface area (Å²) < 4.78 is 5.77. The van der Waals surface area contributed by atoms with Gasteiger partial charge in [0.1, 0.15) is 5.75 Å². The molecule has 0 amide bonds. The Bertz CT molecular complexity index is 907. The molecule has 1 fully saturated rings. The number of nitrogens with one attached hydrogen (secondary N) is 1. The van der Waals surface area contributed by atoms with E-state index < -0.39 is 0 Å². The maximum Gasteiger partial charge on any atom is 0.119 e. The summed E-state index contributed by atoms with van der Waals surface area (Å²) in [4.78, 5) is 4.82. The summed E-state index contributed by atoms with van der Waals surface area (Å²) in [5, 5.41) is 7.68. The number of ether oxygens (including phenoxy) is 1. The number of piperazine rings is 1. The fourth-order valence-corrected chi connectivity index (χ4v) is 3.52. The Kier molecular flexibility index (Phi) is 5.86. The maximum atomic E-state index is 5.77. The van der Waals surface area contributed by atoms with Gasteiger partial charge in [0.15, 0.2) is 0 Å². The topological polar surface area (TPSA) is 44.4 Å². The highest BCUT2D eigenvalue weighted by molar-refractivity contribution is 5.69. The van der Waals surface area contributed by atoms with E-state index in [4.69, 9.17) is 4.74 Å². The van der Waals surface area contributed by atoms with E-state index in [-0.39, 0.29) is 0 Å². The zero-order valence-electron chi connectivity index (χ0n) is 17.6. The van der Waals surface area contributed by atoms with Gasteiger partial charge in [-0.25, -0.2) is 0 Å². The molecule has 0 unspecified atom stereocenters. The molecule has 1 aliphatic rings. The van der Waals surface area contributed by atoms with Gasteiger partial charge in [0.25, 0.3) is 0 Å². The number of benzene rings is 2. The summed E-state index contributed by atoms with van der Waals surface area (Å²) in [7, 11) is 2.18. The predicted molar refractivity (Wildman–Crippen MR) is 120 cm³/mol. The van der Waals surface area contributed by atoms with Gasteiger partial charge < -0.3 is 14.5 Å². The van der Waals surface area contributed by atoms with E-state index in [0.29, 0.717) is 5.92 Å². The lowest BCUT2D eigenvalue weighted by molar-refractivity contribution is 0.271. The van der Waals surface area contributed by atoms with Crippen molar-refractivity contribution in [2.24, 2.45) is 5.92 Å². The lowest BCUT2D eigenvalue weighted by atomic mass is 10.1. The van der Waals surface area contributed by atoms with E-state index in [1.807, 2.05) is 12.1 Å². The van der Waals surface area contributed by atoms with Crippen molar-refractivity contribution in [3.63, 3.8) is 0 Å². The molecule has 1 saturated heterocycles. The summed E-state index contributed by atoms with van der Waals surface area (Å²) >= 11 is 0. The zero-order valence-corrected chi connectivity index (χ0v) is 17.6. The van der Waals surface area contributed by atoms with Crippen LogP contribution in [0.5, 0.6) is 5.75 Å². The van der Waals surface area contributed by atoms with Crippen LogP contribution in [0.4, 0.5) is 5.69 Å². The Morgan fingerprint density at radius 2 is 1.59 bits per heavy atom. The van der Waals surface area contributed by atoms with Gasteiger partial charge in [-0.15, -0.1) is 0 Å². The number of anilines is 1. The average molecular weight is 391 g/mol. The number of likely N-dealkylation sites (N-methyl/N-ethyl adjacent to an activating group) is 1. The Morgan fingerprint density at radius 3 is 2.24 bits per heavy atom. The van der Waals surface area contributed by atoms with Crippen LogP contribution in [0.3, 0.4) is 0 Å². The van der Waals surface area contributed by atoms with E-state index >= 15 is 0 Å². The number of H-pyrrole nitrogens is 1. The highest BCUT2D eigenvalue weighted by Crippen LogP contribution is 2.27. The molecule has 0 radical (unpaired) electrons. The molecule has 3 aromatic rings. The molecule has 152 valence electrons. The van der Waals surface area contributed by atoms with Gasteiger partial charge in [0.2, 0.25) is 0 Å². The number of aromatic amines is 1. The largest absolute Gasteiger partial charge is 0.493 e. The molecule has 1 N–H and O–H groups in total. The van der Waals surface area contributed by atoms with Crippen LogP contribution in [0.15, 0.2) is 54.6 Å². The smallest absolute Gasteiger partial charge is 0.119 e. The molecular formula is C24H30N4O. The molecule has 0 saturated carbocycles. The Balaban J connectivity index is 1.43. The predicted octanol–water partition coefficient (Wildman–Crippen LogP) is 4.53. The maximum absolute atomic E-state index is 5.77. The normalized spacial score (nSPS) is 15.1. The van der Waals surface area contributed by atoms with Crippen molar-refractivity contribution in [3.8, 4) is 28.3 Å². The Hall–Kier alpha value is -2.79. The SMILES string of the molecule is CC(C)COc1ccc(-c2cc(-c3ccc(N4CCN(C)CC4)cc3)[nH]n2)cc1. The summed E-state index contributed by atoms with van der Waals surface area (Å²) in [5.41, 5.74) is 5.50. The van der Waals surface area contributed by atoms with E-state index in [1.54, 1.807) is 0 Å². The van der Waals surface area contributed by atoms with Gasteiger partial charge in [-0.3, -0.25) is 5.10 Å². The van der Waals surface area contributed by atoms with E-state index in [2.05, 4.69) is 83.4 Å². The fraction of sp³-hybridized carbons (Fsp3) is 0.375. The van der Waals surface area contributed by atoms with Crippen LogP contribution in [-0.2, 0) is 0 Å². The fourth-order valence-electron chi connectivity index (χ4n) is 3.52. The molecule has 2 heterocycles. The van der Waals surface area contributed by atoms with E-state index in [0.717, 1.165) is 61.1 Å². The van der Waals surface area contributed by atoms with Gasteiger partial charge in [-0.1, -0.05) is 26.0 Å². The summed E-state index contributed by atoms with van der Waals surface area (Å²) in [6, 6.07) is 19.0. The first kappa shape index (κ1) is 19.5. The molecule has 2 aromatic carbocycles. The second kappa shape index (κ2) is 8.70. The third-order valence-electron chi connectivity index (χ3n) is 5.36. The van der Waals surface area contributed by atoms with Crippen molar-refractivity contribution in [2.75, 3.05) is 44.7 Å². The number of hydrogen-bond donors (Lipinski definition) is 1. The van der Waals surface area contributed by atoms with Gasteiger partial charge in [-0.05, 0) is 61.0 Å². The van der Waals surface area contributed by atoms with Gasteiger partial charge >= 0.3 is 0 Å². The molecule has 0 bridgehead atoms. The minimum Gasteiger partial charge on any atom is -0.493 e. The zero-order chi connectivity index (χ0) is 20.2. The van der Waals surface area contributed by atoms with E-state index in [9.17, 15) is 0 Å². The third kappa shape index (κ3) is 4.80. The molecule has 0 spiro atoms. The highest BCUT2D eigenvalue weighted by atomic mass is 16.5. The van der Waals surface area contributed by atoms with Crippen LogP contribution in [0.1, 0.15) is 13.8 Å². The van der Waals surface area contributed by atoms with Crippen LogP contribution in [0.25, 0.3) is 22.5 Å². The average Bonchev–Trinajstić information content (AvgIpc) is 3.24.